The molecule has 1 saturated heterocycles. The Morgan fingerprint density at radius 2 is 1.95 bits per heavy atom. The van der Waals surface area contributed by atoms with Crippen LogP contribution in [-0.2, 0) is 0 Å². The molecular formula is C16H17BrN4O. The van der Waals surface area contributed by atoms with Gasteiger partial charge in [-0.25, -0.2) is 4.98 Å². The number of pyridine rings is 1. The number of hydrogen-bond acceptors (Lipinski definition) is 4. The summed E-state index contributed by atoms with van der Waals surface area (Å²) in [5.74, 6) is 0.384. The standard InChI is InChI=1S/C16H17BrN4O/c17-14-4-2-1-3-13(14)16(22)20-15-6-5-12(11-19-15)21-9-7-18-8-10-21/h1-6,11,18H,7-10H2,(H,19,20,22). The molecule has 114 valence electrons. The predicted octanol–water partition coefficient (Wildman–Crippen LogP) is 2.51. The van der Waals surface area contributed by atoms with Crippen molar-refractivity contribution in [2.45, 2.75) is 0 Å². The number of carbonyl (C=O) groups excluding carboxylic acids is 1. The smallest absolute Gasteiger partial charge is 0.257 e. The van der Waals surface area contributed by atoms with Crippen LogP contribution in [0.5, 0.6) is 0 Å². The zero-order valence-corrected chi connectivity index (χ0v) is 13.6. The van der Waals surface area contributed by atoms with E-state index < -0.39 is 0 Å². The molecule has 0 spiro atoms. The van der Waals surface area contributed by atoms with E-state index >= 15 is 0 Å². The van der Waals surface area contributed by atoms with Crippen LogP contribution in [0.1, 0.15) is 10.4 Å². The molecule has 1 aromatic heterocycles. The average molecular weight is 361 g/mol. The van der Waals surface area contributed by atoms with E-state index in [4.69, 9.17) is 0 Å². The first kappa shape index (κ1) is 15.0. The van der Waals surface area contributed by atoms with Gasteiger partial charge in [0.1, 0.15) is 5.82 Å². The number of anilines is 2. The van der Waals surface area contributed by atoms with Gasteiger partial charge in [0.2, 0.25) is 0 Å². The number of nitrogens with one attached hydrogen (secondary N) is 2. The molecule has 22 heavy (non-hydrogen) atoms. The summed E-state index contributed by atoms with van der Waals surface area (Å²) in [5, 5.41) is 6.14. The average Bonchev–Trinajstić information content (AvgIpc) is 2.57. The third kappa shape index (κ3) is 3.45. The fraction of sp³-hybridized carbons (Fsp3) is 0.250. The minimum absolute atomic E-state index is 0.171. The van der Waals surface area contributed by atoms with E-state index in [0.717, 1.165) is 36.3 Å². The second-order valence-electron chi connectivity index (χ2n) is 5.07. The van der Waals surface area contributed by atoms with Gasteiger partial charge >= 0.3 is 0 Å². The maximum absolute atomic E-state index is 12.2. The van der Waals surface area contributed by atoms with Crippen LogP contribution in [0.25, 0.3) is 0 Å². The fourth-order valence-corrected chi connectivity index (χ4v) is 2.86. The number of rotatable bonds is 3. The van der Waals surface area contributed by atoms with Gasteiger partial charge in [-0.15, -0.1) is 0 Å². The molecule has 2 N–H and O–H groups in total. The second kappa shape index (κ2) is 6.89. The highest BCUT2D eigenvalue weighted by atomic mass is 79.9. The monoisotopic (exact) mass is 360 g/mol. The van der Waals surface area contributed by atoms with Crippen LogP contribution < -0.4 is 15.5 Å². The van der Waals surface area contributed by atoms with Crippen molar-refractivity contribution in [1.82, 2.24) is 10.3 Å². The van der Waals surface area contributed by atoms with Gasteiger partial charge in [-0.2, -0.15) is 0 Å². The summed E-state index contributed by atoms with van der Waals surface area (Å²) in [6, 6.07) is 11.2. The molecule has 0 unspecified atom stereocenters. The molecule has 0 radical (unpaired) electrons. The highest BCUT2D eigenvalue weighted by Gasteiger charge is 2.12. The van der Waals surface area contributed by atoms with Gasteiger partial charge < -0.3 is 15.5 Å². The van der Waals surface area contributed by atoms with E-state index in [1.165, 1.54) is 0 Å². The Morgan fingerprint density at radius 3 is 2.64 bits per heavy atom. The molecule has 1 aromatic carbocycles. The maximum Gasteiger partial charge on any atom is 0.257 e. The number of halogens is 1. The van der Waals surface area contributed by atoms with Crippen LogP contribution in [0.3, 0.4) is 0 Å². The Bertz CT molecular complexity index is 653. The van der Waals surface area contributed by atoms with Crippen molar-refractivity contribution in [2.24, 2.45) is 0 Å². The normalized spacial score (nSPS) is 14.7. The lowest BCUT2D eigenvalue weighted by Gasteiger charge is -2.29. The Kier molecular flexibility index (Phi) is 4.70. The number of amides is 1. The highest BCUT2D eigenvalue weighted by molar-refractivity contribution is 9.10. The lowest BCUT2D eigenvalue weighted by molar-refractivity contribution is 0.102. The lowest BCUT2D eigenvalue weighted by atomic mass is 10.2. The highest BCUT2D eigenvalue weighted by Crippen LogP contribution is 2.19. The van der Waals surface area contributed by atoms with Gasteiger partial charge in [0.05, 0.1) is 17.4 Å². The van der Waals surface area contributed by atoms with E-state index in [1.54, 1.807) is 12.3 Å². The summed E-state index contributed by atoms with van der Waals surface area (Å²) < 4.78 is 0.768. The van der Waals surface area contributed by atoms with Gasteiger partial charge in [-0.05, 0) is 40.2 Å². The number of hydrogen-bond donors (Lipinski definition) is 2. The zero-order valence-electron chi connectivity index (χ0n) is 12.1. The number of benzene rings is 1. The summed E-state index contributed by atoms with van der Waals surface area (Å²) in [6.45, 7) is 3.93. The molecule has 1 aliphatic rings. The first-order chi connectivity index (χ1) is 10.7. The van der Waals surface area contributed by atoms with Crippen molar-refractivity contribution >= 4 is 33.3 Å². The zero-order chi connectivity index (χ0) is 15.4. The third-order valence-electron chi connectivity index (χ3n) is 3.59. The van der Waals surface area contributed by atoms with E-state index in [1.807, 2.05) is 30.3 Å². The Labute approximate surface area is 137 Å². The maximum atomic E-state index is 12.2. The van der Waals surface area contributed by atoms with Crippen LogP contribution in [0.15, 0.2) is 47.1 Å². The first-order valence-corrected chi connectivity index (χ1v) is 8.01. The molecule has 5 nitrogen and oxygen atoms in total. The minimum Gasteiger partial charge on any atom is -0.368 e. The molecular weight excluding hydrogens is 344 g/mol. The summed E-state index contributed by atoms with van der Waals surface area (Å²) >= 11 is 3.38. The van der Waals surface area contributed by atoms with Crippen molar-refractivity contribution in [3.8, 4) is 0 Å². The summed E-state index contributed by atoms with van der Waals surface area (Å²) in [6.07, 6.45) is 1.81. The van der Waals surface area contributed by atoms with Crippen LogP contribution in [0.2, 0.25) is 0 Å². The number of carbonyl (C=O) groups is 1. The van der Waals surface area contributed by atoms with Crippen LogP contribution >= 0.6 is 15.9 Å². The van der Waals surface area contributed by atoms with Crippen molar-refractivity contribution in [2.75, 3.05) is 36.4 Å². The van der Waals surface area contributed by atoms with E-state index in [0.29, 0.717) is 11.4 Å². The fourth-order valence-electron chi connectivity index (χ4n) is 2.40. The number of nitrogens with zero attached hydrogens (tertiary/aromatic N) is 2. The topological polar surface area (TPSA) is 57.3 Å². The molecule has 0 saturated carbocycles. The van der Waals surface area contributed by atoms with E-state index in [-0.39, 0.29) is 5.91 Å². The summed E-state index contributed by atoms with van der Waals surface area (Å²) in [7, 11) is 0. The Hall–Kier alpha value is -1.92. The molecule has 0 aliphatic carbocycles. The SMILES string of the molecule is O=C(Nc1ccc(N2CCNCC2)cn1)c1ccccc1Br. The van der Waals surface area contributed by atoms with Crippen LogP contribution in [0, 0.1) is 0 Å². The third-order valence-corrected chi connectivity index (χ3v) is 4.28. The molecule has 1 amide bonds. The molecule has 1 fully saturated rings. The molecule has 1 aliphatic heterocycles. The second-order valence-corrected chi connectivity index (χ2v) is 5.93. The molecule has 2 heterocycles. The minimum atomic E-state index is -0.171. The van der Waals surface area contributed by atoms with Crippen LogP contribution in [-0.4, -0.2) is 37.1 Å². The van der Waals surface area contributed by atoms with Gasteiger partial charge in [0.25, 0.3) is 5.91 Å². The largest absolute Gasteiger partial charge is 0.368 e. The molecule has 2 aromatic rings. The van der Waals surface area contributed by atoms with E-state index in [9.17, 15) is 4.79 Å². The molecule has 3 rings (SSSR count). The number of aromatic nitrogens is 1. The van der Waals surface area contributed by atoms with Crippen molar-refractivity contribution in [3.63, 3.8) is 0 Å². The van der Waals surface area contributed by atoms with Crippen molar-refractivity contribution in [1.29, 1.82) is 0 Å². The van der Waals surface area contributed by atoms with Crippen molar-refractivity contribution in [3.05, 3.63) is 52.6 Å². The number of piperazine rings is 1. The summed E-state index contributed by atoms with van der Waals surface area (Å²) in [5.41, 5.74) is 1.68. The molecule has 0 bridgehead atoms. The Balaban J connectivity index is 1.68. The van der Waals surface area contributed by atoms with Gasteiger partial charge in [0, 0.05) is 30.7 Å². The first-order valence-electron chi connectivity index (χ1n) is 7.21. The molecule has 0 atom stereocenters. The van der Waals surface area contributed by atoms with Gasteiger partial charge in [0.15, 0.2) is 0 Å². The molecule has 6 heteroatoms. The van der Waals surface area contributed by atoms with Crippen LogP contribution in [0.4, 0.5) is 11.5 Å². The predicted molar refractivity (Wildman–Crippen MR) is 91.4 cm³/mol. The van der Waals surface area contributed by atoms with E-state index in [2.05, 4.69) is 36.4 Å². The summed E-state index contributed by atoms with van der Waals surface area (Å²) in [4.78, 5) is 18.8. The van der Waals surface area contributed by atoms with Crippen molar-refractivity contribution < 1.29 is 4.79 Å². The quantitative estimate of drug-likeness (QED) is 0.882. The Morgan fingerprint density at radius 1 is 1.18 bits per heavy atom. The lowest BCUT2D eigenvalue weighted by Crippen LogP contribution is -2.43. The van der Waals surface area contributed by atoms with Gasteiger partial charge in [-0.1, -0.05) is 12.1 Å². The van der Waals surface area contributed by atoms with Gasteiger partial charge in [-0.3, -0.25) is 4.79 Å².